The summed E-state index contributed by atoms with van der Waals surface area (Å²) in [5.74, 6) is -0.184. The predicted molar refractivity (Wildman–Crippen MR) is 230 cm³/mol. The first-order valence-electron chi connectivity index (χ1n) is 19.9. The van der Waals surface area contributed by atoms with Crippen LogP contribution in [0.5, 0.6) is 23.0 Å². The molecule has 63 heavy (non-hydrogen) atoms. The highest BCUT2D eigenvalue weighted by Gasteiger charge is 2.72. The highest BCUT2D eigenvalue weighted by molar-refractivity contribution is 7.93. The number of esters is 1. The lowest BCUT2D eigenvalue weighted by molar-refractivity contribution is -0.164. The number of β-lactam (4-membered cyclic amide) rings is 1. The summed E-state index contributed by atoms with van der Waals surface area (Å²) in [6.07, 6.45) is -1.19. The third-order valence-electron chi connectivity index (χ3n) is 11.3. The molecule has 2 fully saturated rings. The summed E-state index contributed by atoms with van der Waals surface area (Å²) in [6, 6.07) is 35.5. The molecule has 0 bridgehead atoms. The summed E-state index contributed by atoms with van der Waals surface area (Å²) in [7, 11) is -1.11. The molecule has 0 radical (unpaired) electrons. The normalized spacial score (nSPS) is 18.6. The fourth-order valence-corrected chi connectivity index (χ4v) is 10.3. The number of hydrogen-bond donors (Lipinski definition) is 1. The minimum absolute atomic E-state index is 0.0177. The number of carbonyl (C=O) groups excluding carboxylic acids is 3. The average Bonchev–Trinajstić information content (AvgIpc) is 3.84. The Morgan fingerprint density at radius 2 is 1.41 bits per heavy atom. The van der Waals surface area contributed by atoms with Gasteiger partial charge in [0.25, 0.3) is 5.91 Å². The largest absolute Gasteiger partial charge is 0.497 e. The number of hydrogen-bond acceptors (Lipinski definition) is 12. The van der Waals surface area contributed by atoms with Crippen molar-refractivity contribution in [2.45, 2.75) is 55.4 Å². The standard InChI is InChI=1S/C47H42ClN3O11S/c1-47(44(51-39(52)25-40(51)63(47,55)56)46(54)61-42(31-10-6-4-7-11-31)32-12-8-5-9-13-32)38-24-35(62-50-38)26-49-45(53)36-22-23-37(59-27-29-14-18-33(57-2)19-15-29)43(41(36)48)60-28-30-16-20-34(58-3)21-17-30/h4-24,40,42,44H,25-28H2,1-3H3,(H,49,53)/t40-,44+,47+/m1/s1. The maximum atomic E-state index is 14.3. The number of amides is 2. The van der Waals surface area contributed by atoms with E-state index in [1.165, 1.54) is 19.1 Å². The second kappa shape index (κ2) is 17.9. The molecule has 3 heterocycles. The van der Waals surface area contributed by atoms with Crippen LogP contribution >= 0.6 is 11.6 Å². The van der Waals surface area contributed by atoms with Crippen molar-refractivity contribution in [2.24, 2.45) is 0 Å². The molecular weight excluding hydrogens is 850 g/mol. The van der Waals surface area contributed by atoms with Gasteiger partial charge in [-0.15, -0.1) is 0 Å². The fraction of sp³-hybridized carbons (Fsp3) is 0.234. The van der Waals surface area contributed by atoms with Crippen molar-refractivity contribution >= 4 is 39.2 Å². The molecule has 8 rings (SSSR count). The van der Waals surface area contributed by atoms with E-state index in [2.05, 4.69) is 10.5 Å². The highest BCUT2D eigenvalue weighted by Crippen LogP contribution is 2.52. The zero-order valence-corrected chi connectivity index (χ0v) is 35.9. The Hall–Kier alpha value is -6.84. The second-order valence-corrected chi connectivity index (χ2v) is 17.9. The van der Waals surface area contributed by atoms with Gasteiger partial charge >= 0.3 is 5.97 Å². The number of benzene rings is 5. The Kier molecular flexibility index (Phi) is 12.1. The molecule has 324 valence electrons. The van der Waals surface area contributed by atoms with Crippen LogP contribution in [0.4, 0.5) is 0 Å². The monoisotopic (exact) mass is 891 g/mol. The van der Waals surface area contributed by atoms with Crippen LogP contribution in [0.15, 0.2) is 132 Å². The SMILES string of the molecule is COc1ccc(COc2ccc(C(=O)NCc3cc([C@@]4(C)[C@H](C(=O)OC(c5ccccc5)c5ccccc5)N5C(=O)C[C@H]5S4(=O)=O)no3)c(Cl)c2OCc2ccc(OC)cc2)cc1. The average molecular weight is 892 g/mol. The Balaban J connectivity index is 1.02. The summed E-state index contributed by atoms with van der Waals surface area (Å²) in [6.45, 7) is 1.35. The first-order valence-corrected chi connectivity index (χ1v) is 21.8. The van der Waals surface area contributed by atoms with Gasteiger partial charge in [0.2, 0.25) is 5.91 Å². The van der Waals surface area contributed by atoms with E-state index in [1.807, 2.05) is 48.5 Å². The van der Waals surface area contributed by atoms with Crippen molar-refractivity contribution in [1.82, 2.24) is 15.4 Å². The van der Waals surface area contributed by atoms with Gasteiger partial charge in [0.15, 0.2) is 39.2 Å². The molecule has 0 aliphatic carbocycles. The number of methoxy groups -OCH3 is 2. The Bertz CT molecular complexity index is 2690. The van der Waals surface area contributed by atoms with E-state index >= 15 is 0 Å². The number of aromatic nitrogens is 1. The highest BCUT2D eigenvalue weighted by atomic mass is 35.5. The first-order chi connectivity index (χ1) is 30.4. The van der Waals surface area contributed by atoms with Crippen LogP contribution in [0.25, 0.3) is 0 Å². The molecular formula is C47H42ClN3O11S. The number of rotatable bonds is 16. The molecule has 6 aromatic rings. The lowest BCUT2D eigenvalue weighted by atomic mass is 9.93. The number of ether oxygens (including phenoxy) is 5. The summed E-state index contributed by atoms with van der Waals surface area (Å²) >= 11 is 6.89. The number of nitrogens with zero attached hydrogens (tertiary/aromatic N) is 2. The minimum Gasteiger partial charge on any atom is -0.497 e. The van der Waals surface area contributed by atoms with Gasteiger partial charge in [0.1, 0.15) is 40.5 Å². The van der Waals surface area contributed by atoms with Gasteiger partial charge in [-0.25, -0.2) is 13.2 Å². The summed E-state index contributed by atoms with van der Waals surface area (Å²) in [4.78, 5) is 42.2. The van der Waals surface area contributed by atoms with Crippen molar-refractivity contribution in [3.63, 3.8) is 0 Å². The molecule has 14 nitrogen and oxygen atoms in total. The van der Waals surface area contributed by atoms with E-state index in [9.17, 15) is 22.8 Å². The molecule has 2 amide bonds. The summed E-state index contributed by atoms with van der Waals surface area (Å²) in [5.41, 5.74) is 2.88. The van der Waals surface area contributed by atoms with E-state index < -0.39 is 49.9 Å². The van der Waals surface area contributed by atoms with Crippen molar-refractivity contribution < 1.29 is 51.0 Å². The van der Waals surface area contributed by atoms with Gasteiger partial charge < -0.3 is 38.4 Å². The van der Waals surface area contributed by atoms with Gasteiger partial charge in [-0.05, 0) is 65.6 Å². The maximum Gasteiger partial charge on any atom is 0.331 e. The maximum absolute atomic E-state index is 14.3. The van der Waals surface area contributed by atoms with Gasteiger partial charge in [0.05, 0.1) is 37.8 Å². The number of fused-ring (bicyclic) bond motifs is 1. The molecule has 2 aliphatic heterocycles. The van der Waals surface area contributed by atoms with E-state index in [-0.39, 0.29) is 54.0 Å². The zero-order chi connectivity index (χ0) is 44.3. The van der Waals surface area contributed by atoms with Crippen LogP contribution < -0.4 is 24.3 Å². The molecule has 5 aromatic carbocycles. The van der Waals surface area contributed by atoms with Crippen LogP contribution in [0, 0.1) is 0 Å². The third-order valence-corrected chi connectivity index (χ3v) is 14.4. The molecule has 1 N–H and O–H groups in total. The number of sulfone groups is 1. The van der Waals surface area contributed by atoms with Crippen LogP contribution in [0.1, 0.15) is 63.5 Å². The molecule has 0 unspecified atom stereocenters. The molecule has 2 saturated heterocycles. The topological polar surface area (TPSA) is 173 Å². The molecule has 16 heteroatoms. The van der Waals surface area contributed by atoms with Crippen LogP contribution in [-0.2, 0) is 48.7 Å². The Morgan fingerprint density at radius 1 is 0.841 bits per heavy atom. The van der Waals surface area contributed by atoms with Crippen molar-refractivity contribution in [2.75, 3.05) is 14.2 Å². The quantitative estimate of drug-likeness (QED) is 0.0759. The van der Waals surface area contributed by atoms with Gasteiger partial charge in [-0.3, -0.25) is 9.59 Å². The smallest absolute Gasteiger partial charge is 0.331 e. The van der Waals surface area contributed by atoms with Crippen molar-refractivity contribution in [1.29, 1.82) is 0 Å². The number of carbonyl (C=O) groups is 3. The van der Waals surface area contributed by atoms with Gasteiger partial charge in [-0.2, -0.15) is 0 Å². The van der Waals surface area contributed by atoms with Crippen LogP contribution in [0.2, 0.25) is 5.02 Å². The van der Waals surface area contributed by atoms with E-state index in [4.69, 9.17) is 39.8 Å². The molecule has 3 atom stereocenters. The lowest BCUT2D eigenvalue weighted by Crippen LogP contribution is -2.57. The zero-order valence-electron chi connectivity index (χ0n) is 34.4. The van der Waals surface area contributed by atoms with Crippen LogP contribution in [-0.4, -0.2) is 61.9 Å². The minimum atomic E-state index is -4.26. The summed E-state index contributed by atoms with van der Waals surface area (Å²) < 4.78 is 61.0. The summed E-state index contributed by atoms with van der Waals surface area (Å²) in [5, 5.41) is 5.57. The van der Waals surface area contributed by atoms with Gasteiger partial charge in [0, 0.05) is 6.07 Å². The van der Waals surface area contributed by atoms with E-state index in [1.54, 1.807) is 80.9 Å². The first kappa shape index (κ1) is 42.8. The lowest BCUT2D eigenvalue weighted by Gasteiger charge is -2.37. The number of halogens is 1. The molecule has 0 saturated carbocycles. The predicted octanol–water partition coefficient (Wildman–Crippen LogP) is 7.34. The molecule has 2 aliphatic rings. The van der Waals surface area contributed by atoms with E-state index in [0.717, 1.165) is 16.0 Å². The number of nitrogens with one attached hydrogen (secondary N) is 1. The third kappa shape index (κ3) is 8.29. The van der Waals surface area contributed by atoms with Crippen LogP contribution in [0.3, 0.4) is 0 Å². The van der Waals surface area contributed by atoms with Crippen molar-refractivity contribution in [3.05, 3.63) is 172 Å². The molecule has 0 spiro atoms. The molecule has 1 aromatic heterocycles. The fourth-order valence-electron chi connectivity index (χ4n) is 7.68. The van der Waals surface area contributed by atoms with E-state index in [0.29, 0.717) is 28.4 Å². The van der Waals surface area contributed by atoms with Gasteiger partial charge in [-0.1, -0.05) is 102 Å². The Labute approximate surface area is 368 Å². The Morgan fingerprint density at radius 3 is 1.97 bits per heavy atom. The van der Waals surface area contributed by atoms with Crippen molar-refractivity contribution in [3.8, 4) is 23.0 Å². The second-order valence-electron chi connectivity index (χ2n) is 15.0.